The number of carbonyl (C=O) groups is 1. The Bertz CT molecular complexity index is 1110. The zero-order valence-corrected chi connectivity index (χ0v) is 17.0. The molecule has 0 saturated carbocycles. The summed E-state index contributed by atoms with van der Waals surface area (Å²) in [6, 6.07) is 2.48. The Balaban J connectivity index is 1.64. The summed E-state index contributed by atoms with van der Waals surface area (Å²) in [5.41, 5.74) is 1.27. The third-order valence-electron chi connectivity index (χ3n) is 5.04. The van der Waals surface area contributed by atoms with Crippen LogP contribution in [0, 0.1) is 0 Å². The summed E-state index contributed by atoms with van der Waals surface area (Å²) in [6.45, 7) is -1.09. The first-order valence-electron chi connectivity index (χ1n) is 9.35. The molecule has 3 aromatic rings. The van der Waals surface area contributed by atoms with Crippen LogP contribution in [0.3, 0.4) is 0 Å². The van der Waals surface area contributed by atoms with Crippen LogP contribution in [-0.4, -0.2) is 64.4 Å². The predicted octanol–water partition coefficient (Wildman–Crippen LogP) is 2.95. The first-order valence-corrected chi connectivity index (χ1v) is 9.73. The number of rotatable bonds is 5. The average molecular weight is 455 g/mol. The number of hydrogen-bond donors (Lipinski definition) is 2. The van der Waals surface area contributed by atoms with Crippen molar-refractivity contribution in [3.05, 3.63) is 35.7 Å². The van der Waals surface area contributed by atoms with Crippen LogP contribution in [0.25, 0.3) is 22.4 Å². The standard InChI is InChI=1S/C19H18ClF3N6O2/c1-31-11-5-14(18(30)27-9-19(21,22)23)29(8-11)15-2-3-24-17(28-15)13-7-26-16-12(13)4-10(20)6-25-16/h2-4,6-7,11,14H,5,8-9H2,1H3,(H,25,26)(H,27,30)/t11?,14-/m0/s1. The van der Waals surface area contributed by atoms with E-state index in [1.54, 1.807) is 23.2 Å². The van der Waals surface area contributed by atoms with Crippen molar-refractivity contribution >= 4 is 34.4 Å². The maximum Gasteiger partial charge on any atom is 0.405 e. The molecule has 1 saturated heterocycles. The molecule has 0 radical (unpaired) electrons. The van der Waals surface area contributed by atoms with Crippen molar-refractivity contribution in [1.82, 2.24) is 25.3 Å². The van der Waals surface area contributed by atoms with Crippen molar-refractivity contribution in [3.8, 4) is 11.4 Å². The van der Waals surface area contributed by atoms with Crippen molar-refractivity contribution in [2.45, 2.75) is 24.7 Å². The third-order valence-corrected chi connectivity index (χ3v) is 5.24. The summed E-state index contributed by atoms with van der Waals surface area (Å²) in [4.78, 5) is 30.2. The average Bonchev–Trinajstić information content (AvgIpc) is 3.35. The molecule has 164 valence electrons. The smallest absolute Gasteiger partial charge is 0.380 e. The fraction of sp³-hybridized carbons (Fsp3) is 0.368. The monoisotopic (exact) mass is 454 g/mol. The van der Waals surface area contributed by atoms with Gasteiger partial charge in [0, 0.05) is 49.6 Å². The molecule has 1 unspecified atom stereocenters. The Hall–Kier alpha value is -2.92. The number of fused-ring (bicyclic) bond motifs is 1. The Morgan fingerprint density at radius 2 is 2.23 bits per heavy atom. The molecule has 31 heavy (non-hydrogen) atoms. The van der Waals surface area contributed by atoms with Crippen LogP contribution in [0.5, 0.6) is 0 Å². The highest BCUT2D eigenvalue weighted by Gasteiger charge is 2.39. The third kappa shape index (κ3) is 4.57. The van der Waals surface area contributed by atoms with Crippen LogP contribution in [-0.2, 0) is 9.53 Å². The fourth-order valence-electron chi connectivity index (χ4n) is 3.58. The molecule has 1 fully saturated rings. The van der Waals surface area contributed by atoms with Gasteiger partial charge in [-0.3, -0.25) is 4.79 Å². The lowest BCUT2D eigenvalue weighted by atomic mass is 10.2. The second kappa shape index (κ2) is 8.31. The number of hydrogen-bond acceptors (Lipinski definition) is 6. The van der Waals surface area contributed by atoms with E-state index in [0.717, 1.165) is 5.39 Å². The van der Waals surface area contributed by atoms with Gasteiger partial charge in [0.2, 0.25) is 5.91 Å². The molecule has 1 amide bonds. The second-order valence-electron chi connectivity index (χ2n) is 7.09. The van der Waals surface area contributed by atoms with Crippen molar-refractivity contribution in [1.29, 1.82) is 0 Å². The molecule has 2 atom stereocenters. The first kappa shape index (κ1) is 21.3. The lowest BCUT2D eigenvalue weighted by Crippen LogP contribution is -2.46. The van der Waals surface area contributed by atoms with Crippen LogP contribution in [0.4, 0.5) is 19.0 Å². The predicted molar refractivity (Wildman–Crippen MR) is 108 cm³/mol. The van der Waals surface area contributed by atoms with Crippen molar-refractivity contribution < 1.29 is 22.7 Å². The van der Waals surface area contributed by atoms with Crippen LogP contribution in [0.2, 0.25) is 5.02 Å². The van der Waals surface area contributed by atoms with Gasteiger partial charge in [-0.2, -0.15) is 13.2 Å². The van der Waals surface area contributed by atoms with E-state index in [0.29, 0.717) is 34.4 Å². The van der Waals surface area contributed by atoms with Crippen LogP contribution in [0.15, 0.2) is 30.7 Å². The van der Waals surface area contributed by atoms with E-state index in [1.807, 2.05) is 5.32 Å². The minimum atomic E-state index is -4.49. The fourth-order valence-corrected chi connectivity index (χ4v) is 3.73. The zero-order valence-electron chi connectivity index (χ0n) is 16.3. The summed E-state index contributed by atoms with van der Waals surface area (Å²) in [6.07, 6.45) is 0.164. The number of halogens is 4. The summed E-state index contributed by atoms with van der Waals surface area (Å²) in [5, 5.41) is 3.12. The molecule has 8 nitrogen and oxygen atoms in total. The lowest BCUT2D eigenvalue weighted by molar-refractivity contribution is -0.139. The molecular weight excluding hydrogens is 437 g/mol. The first-order chi connectivity index (χ1) is 14.7. The van der Waals surface area contributed by atoms with E-state index >= 15 is 0 Å². The SMILES string of the molecule is COC1C[C@@H](C(=O)NCC(F)(F)F)N(c2ccnc(-c3c[nH]c4ncc(Cl)cc34)n2)C1. The highest BCUT2D eigenvalue weighted by Crippen LogP contribution is 2.30. The number of amides is 1. The number of alkyl halides is 3. The number of aromatic nitrogens is 4. The Kier molecular flexibility index (Phi) is 5.71. The summed E-state index contributed by atoms with van der Waals surface area (Å²) in [5.74, 6) is 0.0318. The van der Waals surface area contributed by atoms with Gasteiger partial charge in [-0.1, -0.05) is 11.6 Å². The number of H-pyrrole nitrogens is 1. The Morgan fingerprint density at radius 1 is 1.42 bits per heavy atom. The van der Waals surface area contributed by atoms with Gasteiger partial charge in [-0.05, 0) is 12.1 Å². The number of anilines is 1. The van der Waals surface area contributed by atoms with Gasteiger partial charge in [0.1, 0.15) is 24.1 Å². The van der Waals surface area contributed by atoms with Gasteiger partial charge in [0.15, 0.2) is 5.82 Å². The maximum absolute atomic E-state index is 12.5. The van der Waals surface area contributed by atoms with Gasteiger partial charge in [0.05, 0.1) is 11.1 Å². The second-order valence-corrected chi connectivity index (χ2v) is 7.52. The molecule has 3 aromatic heterocycles. The topological polar surface area (TPSA) is 96.0 Å². The van der Waals surface area contributed by atoms with Crippen LogP contribution < -0.4 is 10.2 Å². The summed E-state index contributed by atoms with van der Waals surface area (Å²) >= 11 is 6.05. The number of ether oxygens (including phenoxy) is 1. The van der Waals surface area contributed by atoms with Gasteiger partial charge in [-0.25, -0.2) is 15.0 Å². The van der Waals surface area contributed by atoms with Crippen molar-refractivity contribution in [2.24, 2.45) is 0 Å². The largest absolute Gasteiger partial charge is 0.405 e. The summed E-state index contributed by atoms with van der Waals surface area (Å²) < 4.78 is 43.0. The van der Waals surface area contributed by atoms with Gasteiger partial charge >= 0.3 is 6.18 Å². The molecule has 4 rings (SSSR count). The summed E-state index contributed by atoms with van der Waals surface area (Å²) in [7, 11) is 1.49. The number of nitrogens with one attached hydrogen (secondary N) is 2. The molecule has 4 heterocycles. The number of nitrogens with zero attached hydrogens (tertiary/aromatic N) is 4. The van der Waals surface area contributed by atoms with E-state index in [9.17, 15) is 18.0 Å². The molecule has 2 N–H and O–H groups in total. The van der Waals surface area contributed by atoms with E-state index in [4.69, 9.17) is 16.3 Å². The molecule has 0 aliphatic carbocycles. The highest BCUT2D eigenvalue weighted by atomic mass is 35.5. The number of carbonyl (C=O) groups excluding carboxylic acids is 1. The lowest BCUT2D eigenvalue weighted by Gasteiger charge is -2.25. The van der Waals surface area contributed by atoms with Crippen LogP contribution >= 0.6 is 11.6 Å². The zero-order chi connectivity index (χ0) is 22.2. The van der Waals surface area contributed by atoms with E-state index in [1.165, 1.54) is 19.5 Å². The normalized spacial score (nSPS) is 19.2. The molecule has 12 heteroatoms. The highest BCUT2D eigenvalue weighted by molar-refractivity contribution is 6.31. The number of methoxy groups -OCH3 is 1. The van der Waals surface area contributed by atoms with Crippen molar-refractivity contribution in [3.63, 3.8) is 0 Å². The minimum Gasteiger partial charge on any atom is -0.380 e. The van der Waals surface area contributed by atoms with E-state index in [-0.39, 0.29) is 12.5 Å². The molecular formula is C19H18ClF3N6O2. The van der Waals surface area contributed by atoms with Crippen LogP contribution in [0.1, 0.15) is 6.42 Å². The van der Waals surface area contributed by atoms with Gasteiger partial charge < -0.3 is 19.9 Å². The quantitative estimate of drug-likeness (QED) is 0.615. The molecule has 1 aliphatic heterocycles. The van der Waals surface area contributed by atoms with Gasteiger partial charge in [-0.15, -0.1) is 0 Å². The van der Waals surface area contributed by atoms with E-state index < -0.39 is 24.7 Å². The Labute approximate surface area is 179 Å². The van der Waals surface area contributed by atoms with Crippen molar-refractivity contribution in [2.75, 3.05) is 25.1 Å². The number of pyridine rings is 1. The van der Waals surface area contributed by atoms with Gasteiger partial charge in [0.25, 0.3) is 0 Å². The Morgan fingerprint density at radius 3 is 2.97 bits per heavy atom. The molecule has 0 bridgehead atoms. The molecule has 0 aromatic carbocycles. The molecule has 0 spiro atoms. The maximum atomic E-state index is 12.5. The van der Waals surface area contributed by atoms with E-state index in [2.05, 4.69) is 19.9 Å². The number of aromatic amines is 1. The minimum absolute atomic E-state index is 0.242. The molecule has 1 aliphatic rings.